The number of anilines is 1. The molecule has 1 atom stereocenters. The summed E-state index contributed by atoms with van der Waals surface area (Å²) in [4.78, 5) is 19.1. The molecule has 0 aliphatic carbocycles. The number of carbonyl (C=O) groups excluding carboxylic acids is 1. The van der Waals surface area contributed by atoms with E-state index in [4.69, 9.17) is 9.47 Å². The maximum Gasteiger partial charge on any atom is 0.257 e. The van der Waals surface area contributed by atoms with Crippen molar-refractivity contribution < 1.29 is 18.7 Å². The van der Waals surface area contributed by atoms with Crippen LogP contribution in [-0.2, 0) is 29.8 Å². The zero-order valence-electron chi connectivity index (χ0n) is 22.4. The van der Waals surface area contributed by atoms with Gasteiger partial charge in [-0.15, -0.1) is 0 Å². The first-order valence-corrected chi connectivity index (χ1v) is 13.2. The molecule has 2 heterocycles. The maximum absolute atomic E-state index is 14.9. The number of aryl methyl sites for hydroxylation is 1. The van der Waals surface area contributed by atoms with Gasteiger partial charge in [0.2, 0.25) is 0 Å². The Morgan fingerprint density at radius 3 is 2.18 bits per heavy atom. The fourth-order valence-electron chi connectivity index (χ4n) is 6.10. The van der Waals surface area contributed by atoms with Crippen LogP contribution in [0.2, 0.25) is 0 Å². The summed E-state index contributed by atoms with van der Waals surface area (Å²) < 4.78 is 25.1. The molecule has 0 aromatic heterocycles. The smallest absolute Gasteiger partial charge is 0.257 e. The second kappa shape index (κ2) is 9.86. The Labute approximate surface area is 228 Å². The molecule has 2 aliphatic heterocycles. The van der Waals surface area contributed by atoms with Gasteiger partial charge in [0, 0.05) is 18.7 Å². The number of hydrogen-bond donors (Lipinski definition) is 0. The van der Waals surface area contributed by atoms with Crippen molar-refractivity contribution in [1.82, 2.24) is 4.90 Å². The summed E-state index contributed by atoms with van der Waals surface area (Å²) in [6.07, 6.45) is 0.742. The fourth-order valence-corrected chi connectivity index (χ4v) is 6.10. The zero-order chi connectivity index (χ0) is 27.1. The van der Waals surface area contributed by atoms with Crippen LogP contribution in [0.5, 0.6) is 11.5 Å². The summed E-state index contributed by atoms with van der Waals surface area (Å²) in [6, 6.07) is 26.9. The molecule has 6 heteroatoms. The molecule has 1 amide bonds. The number of benzene rings is 4. The van der Waals surface area contributed by atoms with Gasteiger partial charge in [0.15, 0.2) is 17.0 Å². The minimum Gasteiger partial charge on any atom is -0.493 e. The Morgan fingerprint density at radius 1 is 0.821 bits per heavy atom. The highest BCUT2D eigenvalue weighted by molar-refractivity contribution is 6.10. The van der Waals surface area contributed by atoms with Gasteiger partial charge >= 0.3 is 0 Å². The van der Waals surface area contributed by atoms with E-state index in [0.29, 0.717) is 31.1 Å². The highest BCUT2D eigenvalue weighted by Gasteiger charge is 2.58. The number of methoxy groups -OCH3 is 2. The van der Waals surface area contributed by atoms with Crippen molar-refractivity contribution in [1.29, 1.82) is 0 Å². The first-order valence-electron chi connectivity index (χ1n) is 13.2. The van der Waals surface area contributed by atoms with Crippen molar-refractivity contribution in [3.8, 4) is 11.5 Å². The van der Waals surface area contributed by atoms with Crippen molar-refractivity contribution in [2.75, 3.05) is 25.7 Å². The van der Waals surface area contributed by atoms with Crippen LogP contribution in [0.25, 0.3) is 0 Å². The molecule has 0 fully saturated rings. The van der Waals surface area contributed by atoms with Crippen LogP contribution < -0.4 is 14.4 Å². The summed E-state index contributed by atoms with van der Waals surface area (Å²) >= 11 is 0. The van der Waals surface area contributed by atoms with Gasteiger partial charge in [0.25, 0.3) is 5.91 Å². The Balaban J connectivity index is 1.56. The molecule has 0 N–H and O–H groups in total. The second-order valence-corrected chi connectivity index (χ2v) is 10.3. The molecule has 6 rings (SSSR count). The van der Waals surface area contributed by atoms with Crippen LogP contribution >= 0.6 is 0 Å². The summed E-state index contributed by atoms with van der Waals surface area (Å²) in [5.74, 6) is 0.954. The van der Waals surface area contributed by atoms with Gasteiger partial charge in [-0.1, -0.05) is 60.2 Å². The lowest BCUT2D eigenvalue weighted by Crippen LogP contribution is -2.56. The number of carbonyl (C=O) groups is 1. The molecule has 0 saturated heterocycles. The van der Waals surface area contributed by atoms with Crippen molar-refractivity contribution in [3.05, 3.63) is 124 Å². The molecule has 1 unspecified atom stereocenters. The van der Waals surface area contributed by atoms with Crippen LogP contribution in [0, 0.1) is 12.7 Å². The number of hydrogen-bond acceptors (Lipinski definition) is 4. The van der Waals surface area contributed by atoms with Crippen LogP contribution in [0.3, 0.4) is 0 Å². The quantitative estimate of drug-likeness (QED) is 0.312. The van der Waals surface area contributed by atoms with E-state index >= 15 is 0 Å². The van der Waals surface area contributed by atoms with E-state index in [-0.39, 0.29) is 11.7 Å². The number of rotatable bonds is 6. The van der Waals surface area contributed by atoms with Crippen molar-refractivity contribution in [3.63, 3.8) is 0 Å². The molecule has 5 nitrogen and oxygen atoms in total. The second-order valence-electron chi connectivity index (χ2n) is 10.3. The predicted octanol–water partition coefficient (Wildman–Crippen LogP) is 6.00. The average molecular weight is 523 g/mol. The van der Waals surface area contributed by atoms with E-state index in [1.165, 1.54) is 17.7 Å². The maximum atomic E-state index is 14.9. The Morgan fingerprint density at radius 2 is 1.46 bits per heavy atom. The number of halogens is 1. The third-order valence-electron chi connectivity index (χ3n) is 8.01. The van der Waals surface area contributed by atoms with Gasteiger partial charge in [-0.25, -0.2) is 4.39 Å². The Hall–Kier alpha value is -4.16. The molecule has 198 valence electrons. The molecular weight excluding hydrogens is 491 g/mol. The van der Waals surface area contributed by atoms with E-state index in [2.05, 4.69) is 42.2 Å². The normalized spacial score (nSPS) is 18.3. The van der Waals surface area contributed by atoms with Crippen molar-refractivity contribution >= 4 is 11.6 Å². The van der Waals surface area contributed by atoms with Crippen LogP contribution in [-0.4, -0.2) is 31.6 Å². The van der Waals surface area contributed by atoms with Gasteiger partial charge in [-0.05, 0) is 65.9 Å². The van der Waals surface area contributed by atoms with Crippen LogP contribution in [0.1, 0.15) is 33.4 Å². The lowest BCUT2D eigenvalue weighted by molar-refractivity contribution is -0.128. The third-order valence-corrected chi connectivity index (χ3v) is 8.01. The lowest BCUT2D eigenvalue weighted by Gasteiger charge is -2.45. The lowest BCUT2D eigenvalue weighted by atomic mass is 9.75. The predicted molar refractivity (Wildman–Crippen MR) is 150 cm³/mol. The van der Waals surface area contributed by atoms with E-state index < -0.39 is 5.54 Å². The average Bonchev–Trinajstić information content (AvgIpc) is 3.20. The molecule has 2 aliphatic rings. The minimum absolute atomic E-state index is 0.000411. The van der Waals surface area contributed by atoms with Gasteiger partial charge in [0.05, 0.1) is 26.5 Å². The topological polar surface area (TPSA) is 42.0 Å². The molecular formula is C33H31FN2O3. The number of nitrogens with zero attached hydrogens (tertiary/aromatic N) is 2. The molecule has 0 bridgehead atoms. The Kier molecular flexibility index (Phi) is 6.35. The largest absolute Gasteiger partial charge is 0.493 e. The first kappa shape index (κ1) is 25.1. The van der Waals surface area contributed by atoms with Crippen LogP contribution in [0.15, 0.2) is 84.9 Å². The summed E-state index contributed by atoms with van der Waals surface area (Å²) in [5, 5.41) is 0. The highest BCUT2D eigenvalue weighted by atomic mass is 19.1. The van der Waals surface area contributed by atoms with E-state index in [9.17, 15) is 9.18 Å². The van der Waals surface area contributed by atoms with E-state index in [1.807, 2.05) is 35.2 Å². The number of ether oxygens (including phenoxy) is 2. The molecule has 1 spiro atoms. The van der Waals surface area contributed by atoms with Gasteiger partial charge in [0.1, 0.15) is 5.82 Å². The van der Waals surface area contributed by atoms with Gasteiger partial charge in [-0.2, -0.15) is 0 Å². The zero-order valence-corrected chi connectivity index (χ0v) is 22.4. The molecule has 4 aromatic rings. The summed E-state index contributed by atoms with van der Waals surface area (Å²) in [5.41, 5.74) is 5.92. The van der Waals surface area contributed by atoms with E-state index in [1.54, 1.807) is 26.4 Å². The third kappa shape index (κ3) is 4.07. The molecule has 0 saturated carbocycles. The SMILES string of the molecule is COc1cc2c(cc1OC)C1(C(=O)N(Cc3ccc(C)cc3)c3ccccc31)N(Cc1ccc(F)cc1)CC2. The van der Waals surface area contributed by atoms with Crippen molar-refractivity contribution in [2.24, 2.45) is 0 Å². The number of amides is 1. The van der Waals surface area contributed by atoms with Crippen molar-refractivity contribution in [2.45, 2.75) is 32.0 Å². The highest BCUT2D eigenvalue weighted by Crippen LogP contribution is 2.53. The van der Waals surface area contributed by atoms with E-state index in [0.717, 1.165) is 39.9 Å². The minimum atomic E-state index is -1.07. The monoisotopic (exact) mass is 522 g/mol. The number of fused-ring (bicyclic) bond motifs is 4. The standard InChI is InChI=1S/C33H31FN2O3/c1-22-8-10-24(11-9-22)21-36-29-7-5-4-6-27(29)33(32(36)37)28-19-31(39-3)30(38-2)18-25(28)16-17-35(33)20-23-12-14-26(34)15-13-23/h4-15,18-19H,16-17,20-21H2,1-3H3. The Bertz CT molecular complexity index is 1530. The van der Waals surface area contributed by atoms with Gasteiger partial charge in [-0.3, -0.25) is 9.69 Å². The molecule has 4 aromatic carbocycles. The fraction of sp³-hybridized carbons (Fsp3) is 0.242. The summed E-state index contributed by atoms with van der Waals surface area (Å²) in [7, 11) is 3.24. The van der Waals surface area contributed by atoms with Crippen LogP contribution in [0.4, 0.5) is 10.1 Å². The summed E-state index contributed by atoms with van der Waals surface area (Å²) in [6.45, 7) is 3.67. The molecule has 39 heavy (non-hydrogen) atoms. The first-order chi connectivity index (χ1) is 18.9. The number of para-hydroxylation sites is 1. The van der Waals surface area contributed by atoms with Gasteiger partial charge < -0.3 is 14.4 Å². The molecule has 0 radical (unpaired) electrons.